The number of hydrogen-bond donors (Lipinski definition) is 1. The van der Waals surface area contributed by atoms with Crippen LogP contribution in [0.15, 0.2) is 22.7 Å². The minimum atomic E-state index is -0.203. The second-order valence-corrected chi connectivity index (χ2v) is 5.61. The largest absolute Gasteiger partial charge is 0.313 e. The molecule has 0 saturated heterocycles. The van der Waals surface area contributed by atoms with Gasteiger partial charge in [-0.25, -0.2) is 4.39 Å². The summed E-state index contributed by atoms with van der Waals surface area (Å²) >= 11 is 5.59. The van der Waals surface area contributed by atoms with Crippen LogP contribution in [0, 0.1) is 5.82 Å². The Labute approximate surface area is 118 Å². The zero-order valence-electron chi connectivity index (χ0n) is 9.11. The van der Waals surface area contributed by atoms with Crippen molar-refractivity contribution in [3.63, 3.8) is 0 Å². The van der Waals surface area contributed by atoms with Gasteiger partial charge in [0.25, 0.3) is 0 Å². The van der Waals surface area contributed by atoms with Crippen LogP contribution in [0.4, 0.5) is 4.39 Å². The molecule has 16 heavy (non-hydrogen) atoms. The molecule has 0 amide bonds. The van der Waals surface area contributed by atoms with E-state index in [1.165, 1.54) is 29.8 Å². The Balaban J connectivity index is 2.19. The first kappa shape index (κ1) is 14.4. The smallest absolute Gasteiger partial charge is 0.137 e. The molecule has 1 rings (SSSR count). The second-order valence-electron chi connectivity index (χ2n) is 3.67. The quantitative estimate of drug-likeness (QED) is 0.410. The van der Waals surface area contributed by atoms with Crippen molar-refractivity contribution >= 4 is 38.5 Å². The van der Waals surface area contributed by atoms with Gasteiger partial charge in [-0.1, -0.05) is 35.1 Å². The first-order valence-electron chi connectivity index (χ1n) is 5.44. The maximum absolute atomic E-state index is 13.0. The van der Waals surface area contributed by atoms with Gasteiger partial charge in [0, 0.05) is 6.54 Å². The molecule has 0 radical (unpaired) electrons. The van der Waals surface area contributed by atoms with Crippen molar-refractivity contribution < 1.29 is 4.39 Å². The Morgan fingerprint density at radius 1 is 1.25 bits per heavy atom. The van der Waals surface area contributed by atoms with Gasteiger partial charge in [0.05, 0.1) is 4.47 Å². The van der Waals surface area contributed by atoms with E-state index in [9.17, 15) is 4.39 Å². The predicted octanol–water partition coefficient (Wildman–Crippen LogP) is 4.28. The minimum absolute atomic E-state index is 0.203. The molecular formula is C12H16BrFIN. The summed E-state index contributed by atoms with van der Waals surface area (Å²) in [5, 5.41) is 3.36. The summed E-state index contributed by atoms with van der Waals surface area (Å²) < 4.78 is 14.7. The molecule has 0 bridgehead atoms. The Kier molecular flexibility index (Phi) is 7.56. The normalized spacial score (nSPS) is 10.7. The molecule has 1 N–H and O–H groups in total. The van der Waals surface area contributed by atoms with Gasteiger partial charge in [-0.05, 0) is 57.4 Å². The summed E-state index contributed by atoms with van der Waals surface area (Å²) in [5.41, 5.74) is 1.11. The first-order valence-corrected chi connectivity index (χ1v) is 7.76. The first-order chi connectivity index (χ1) is 7.74. The molecule has 0 unspecified atom stereocenters. The molecule has 0 aliphatic heterocycles. The number of halogens is 3. The highest BCUT2D eigenvalue weighted by molar-refractivity contribution is 14.1. The molecule has 90 valence electrons. The van der Waals surface area contributed by atoms with E-state index in [4.69, 9.17) is 0 Å². The highest BCUT2D eigenvalue weighted by Crippen LogP contribution is 2.16. The van der Waals surface area contributed by atoms with Gasteiger partial charge in [0.1, 0.15) is 5.82 Å². The van der Waals surface area contributed by atoms with Gasteiger partial charge < -0.3 is 5.32 Å². The number of hydrogen-bond acceptors (Lipinski definition) is 1. The van der Waals surface area contributed by atoms with Crippen molar-refractivity contribution in [2.45, 2.75) is 25.8 Å². The van der Waals surface area contributed by atoms with Crippen LogP contribution in [0.2, 0.25) is 0 Å². The third kappa shape index (κ3) is 5.59. The predicted molar refractivity (Wildman–Crippen MR) is 78.5 cm³/mol. The SMILES string of the molecule is Fc1ccc(CNCCCCCI)cc1Br. The highest BCUT2D eigenvalue weighted by Gasteiger charge is 1.99. The molecule has 0 aliphatic carbocycles. The summed E-state index contributed by atoms with van der Waals surface area (Å²) in [7, 11) is 0. The topological polar surface area (TPSA) is 12.0 Å². The van der Waals surface area contributed by atoms with Gasteiger partial charge in [-0.3, -0.25) is 0 Å². The Hall–Kier alpha value is 0.320. The molecule has 1 nitrogen and oxygen atoms in total. The standard InChI is InChI=1S/C12H16BrFIN/c13-11-8-10(4-5-12(11)14)9-16-7-3-1-2-6-15/h4-5,8,16H,1-3,6-7,9H2. The lowest BCUT2D eigenvalue weighted by atomic mass is 10.2. The second kappa shape index (κ2) is 8.42. The van der Waals surface area contributed by atoms with E-state index >= 15 is 0 Å². The molecule has 0 aromatic heterocycles. The fourth-order valence-corrected chi connectivity index (χ4v) is 2.37. The molecule has 0 atom stereocenters. The molecule has 1 aromatic carbocycles. The van der Waals surface area contributed by atoms with E-state index in [-0.39, 0.29) is 5.82 Å². The fourth-order valence-electron chi connectivity index (χ4n) is 1.40. The average molecular weight is 400 g/mol. The minimum Gasteiger partial charge on any atom is -0.313 e. The van der Waals surface area contributed by atoms with Crippen LogP contribution < -0.4 is 5.32 Å². The lowest BCUT2D eigenvalue weighted by molar-refractivity contribution is 0.609. The summed E-state index contributed by atoms with van der Waals surface area (Å²) in [6, 6.07) is 5.14. The van der Waals surface area contributed by atoms with Crippen LogP contribution in [-0.2, 0) is 6.54 Å². The van der Waals surface area contributed by atoms with Crippen molar-refractivity contribution in [1.29, 1.82) is 0 Å². The van der Waals surface area contributed by atoms with Gasteiger partial charge in [0.15, 0.2) is 0 Å². The van der Waals surface area contributed by atoms with Crippen LogP contribution in [0.1, 0.15) is 24.8 Å². The van der Waals surface area contributed by atoms with E-state index < -0.39 is 0 Å². The van der Waals surface area contributed by atoms with E-state index in [0.29, 0.717) is 4.47 Å². The lowest BCUT2D eigenvalue weighted by Gasteiger charge is -2.05. The fraction of sp³-hybridized carbons (Fsp3) is 0.500. The monoisotopic (exact) mass is 399 g/mol. The third-order valence-electron chi connectivity index (χ3n) is 2.30. The number of unbranched alkanes of at least 4 members (excludes halogenated alkanes) is 2. The van der Waals surface area contributed by atoms with Crippen molar-refractivity contribution in [1.82, 2.24) is 5.32 Å². The van der Waals surface area contributed by atoms with E-state index in [2.05, 4.69) is 43.8 Å². The van der Waals surface area contributed by atoms with Crippen molar-refractivity contribution in [2.75, 3.05) is 11.0 Å². The summed E-state index contributed by atoms with van der Waals surface area (Å²) in [6.45, 7) is 1.84. The Morgan fingerprint density at radius 2 is 2.06 bits per heavy atom. The lowest BCUT2D eigenvalue weighted by Crippen LogP contribution is -2.14. The summed E-state index contributed by atoms with van der Waals surface area (Å²) in [5.74, 6) is -0.203. The number of benzene rings is 1. The summed E-state index contributed by atoms with van der Waals surface area (Å²) in [6.07, 6.45) is 3.79. The molecule has 1 aromatic rings. The molecule has 0 fully saturated rings. The molecule has 0 aliphatic rings. The van der Waals surface area contributed by atoms with Gasteiger partial charge in [-0.15, -0.1) is 0 Å². The van der Waals surface area contributed by atoms with Crippen LogP contribution in [-0.4, -0.2) is 11.0 Å². The summed E-state index contributed by atoms with van der Waals surface area (Å²) in [4.78, 5) is 0. The number of nitrogens with one attached hydrogen (secondary N) is 1. The van der Waals surface area contributed by atoms with Gasteiger partial charge in [0.2, 0.25) is 0 Å². The van der Waals surface area contributed by atoms with E-state index in [0.717, 1.165) is 18.7 Å². The zero-order chi connectivity index (χ0) is 11.8. The van der Waals surface area contributed by atoms with Crippen LogP contribution >= 0.6 is 38.5 Å². The molecule has 4 heteroatoms. The molecule has 0 saturated carbocycles. The van der Waals surface area contributed by atoms with Gasteiger partial charge >= 0.3 is 0 Å². The average Bonchev–Trinajstić information content (AvgIpc) is 2.28. The van der Waals surface area contributed by atoms with Gasteiger partial charge in [-0.2, -0.15) is 0 Å². The van der Waals surface area contributed by atoms with Crippen LogP contribution in [0.5, 0.6) is 0 Å². The van der Waals surface area contributed by atoms with Crippen molar-refractivity contribution in [3.05, 3.63) is 34.1 Å². The maximum atomic E-state index is 13.0. The van der Waals surface area contributed by atoms with E-state index in [1.807, 2.05) is 12.1 Å². The van der Waals surface area contributed by atoms with Crippen molar-refractivity contribution in [2.24, 2.45) is 0 Å². The molecular weight excluding hydrogens is 384 g/mol. The number of alkyl halides is 1. The van der Waals surface area contributed by atoms with Crippen molar-refractivity contribution in [3.8, 4) is 0 Å². The Bertz CT molecular complexity index is 320. The third-order valence-corrected chi connectivity index (χ3v) is 3.67. The Morgan fingerprint density at radius 3 is 2.75 bits per heavy atom. The van der Waals surface area contributed by atoms with Crippen LogP contribution in [0.3, 0.4) is 0 Å². The maximum Gasteiger partial charge on any atom is 0.137 e. The number of rotatable bonds is 7. The van der Waals surface area contributed by atoms with E-state index in [1.54, 1.807) is 0 Å². The highest BCUT2D eigenvalue weighted by atomic mass is 127. The zero-order valence-corrected chi connectivity index (χ0v) is 12.9. The van der Waals surface area contributed by atoms with Crippen LogP contribution in [0.25, 0.3) is 0 Å². The molecule has 0 heterocycles. The molecule has 0 spiro atoms.